The zero-order valence-electron chi connectivity index (χ0n) is 11.0. The lowest BCUT2D eigenvalue weighted by Gasteiger charge is -2.29. The van der Waals surface area contributed by atoms with Crippen molar-refractivity contribution in [2.75, 3.05) is 24.6 Å². The fourth-order valence-electron chi connectivity index (χ4n) is 2.48. The first-order valence-corrected chi connectivity index (χ1v) is 10.1. The predicted molar refractivity (Wildman–Crippen MR) is 74.0 cm³/mol. The van der Waals surface area contributed by atoms with Gasteiger partial charge in [-0.05, 0) is 38.6 Å². The smallest absolute Gasteiger partial charge is 0.217 e. The lowest BCUT2D eigenvalue weighted by Crippen LogP contribution is -2.44. The summed E-state index contributed by atoms with van der Waals surface area (Å²) in [5.41, 5.74) is 5.45. The summed E-state index contributed by atoms with van der Waals surface area (Å²) < 4.78 is 49.5. The first kappa shape index (κ1) is 15.2. The maximum atomic E-state index is 12.6. The third-order valence-corrected chi connectivity index (χ3v) is 7.95. The molecule has 0 bridgehead atoms. The zero-order chi connectivity index (χ0) is 14.1. The molecular weight excluding hydrogens is 288 g/mol. The monoisotopic (exact) mass is 310 g/mol. The largest absolute Gasteiger partial charge is 0.330 e. The molecule has 112 valence electrons. The lowest BCUT2D eigenvalue weighted by molar-refractivity contribution is 0.389. The molecular formula is C11H22N2O4S2. The minimum Gasteiger partial charge on any atom is -0.330 e. The molecule has 6 nitrogen and oxygen atoms in total. The molecule has 1 saturated carbocycles. The Morgan fingerprint density at radius 3 is 2.16 bits per heavy atom. The van der Waals surface area contributed by atoms with Crippen LogP contribution in [0.4, 0.5) is 0 Å². The summed E-state index contributed by atoms with van der Waals surface area (Å²) >= 11 is 0. The van der Waals surface area contributed by atoms with Crippen molar-refractivity contribution in [3.05, 3.63) is 0 Å². The van der Waals surface area contributed by atoms with Crippen LogP contribution < -0.4 is 5.73 Å². The van der Waals surface area contributed by atoms with E-state index in [0.29, 0.717) is 19.5 Å². The molecule has 1 heterocycles. The van der Waals surface area contributed by atoms with Gasteiger partial charge >= 0.3 is 0 Å². The first-order chi connectivity index (χ1) is 8.87. The van der Waals surface area contributed by atoms with E-state index in [1.807, 2.05) is 0 Å². The first-order valence-electron chi connectivity index (χ1n) is 6.78. The molecule has 0 spiro atoms. The second-order valence-electron chi connectivity index (χ2n) is 5.38. The molecule has 0 radical (unpaired) electrons. The molecule has 1 aliphatic carbocycles. The van der Waals surface area contributed by atoms with Crippen LogP contribution in [0.1, 0.15) is 32.1 Å². The van der Waals surface area contributed by atoms with E-state index in [2.05, 4.69) is 0 Å². The standard InChI is InChI=1S/C11H22N2O4S2/c12-6-1-7-13(10-2-3-10)19(16,17)11-4-8-18(14,15)9-5-11/h10-11H,1-9,12H2. The number of nitrogens with zero attached hydrogens (tertiary/aromatic N) is 1. The average molecular weight is 310 g/mol. The van der Waals surface area contributed by atoms with Crippen LogP contribution >= 0.6 is 0 Å². The molecule has 0 unspecified atom stereocenters. The highest BCUT2D eigenvalue weighted by atomic mass is 32.2. The van der Waals surface area contributed by atoms with Crippen molar-refractivity contribution in [2.45, 2.75) is 43.4 Å². The van der Waals surface area contributed by atoms with Gasteiger partial charge in [-0.15, -0.1) is 0 Å². The van der Waals surface area contributed by atoms with Gasteiger partial charge in [0.15, 0.2) is 0 Å². The molecule has 0 amide bonds. The van der Waals surface area contributed by atoms with Crippen molar-refractivity contribution in [1.29, 1.82) is 0 Å². The predicted octanol–water partition coefficient (Wildman–Crippen LogP) is -0.293. The third kappa shape index (κ3) is 3.68. The molecule has 1 saturated heterocycles. The van der Waals surface area contributed by atoms with E-state index in [9.17, 15) is 16.8 Å². The Kier molecular flexibility index (Phi) is 4.54. The van der Waals surface area contributed by atoms with Gasteiger partial charge in [-0.2, -0.15) is 4.31 Å². The van der Waals surface area contributed by atoms with Gasteiger partial charge in [0.1, 0.15) is 9.84 Å². The van der Waals surface area contributed by atoms with E-state index >= 15 is 0 Å². The summed E-state index contributed by atoms with van der Waals surface area (Å²) in [7, 11) is -6.40. The van der Waals surface area contributed by atoms with Crippen molar-refractivity contribution in [3.63, 3.8) is 0 Å². The topological polar surface area (TPSA) is 97.5 Å². The Bertz CT molecular complexity index is 497. The number of rotatable bonds is 6. The Morgan fingerprint density at radius 2 is 1.68 bits per heavy atom. The molecule has 8 heteroatoms. The van der Waals surface area contributed by atoms with Crippen molar-refractivity contribution in [1.82, 2.24) is 4.31 Å². The van der Waals surface area contributed by atoms with Crippen LogP contribution in [0.3, 0.4) is 0 Å². The van der Waals surface area contributed by atoms with E-state index in [0.717, 1.165) is 12.8 Å². The summed E-state index contributed by atoms with van der Waals surface area (Å²) in [4.78, 5) is 0. The number of hydrogen-bond acceptors (Lipinski definition) is 5. The van der Waals surface area contributed by atoms with E-state index in [1.165, 1.54) is 0 Å². The SMILES string of the molecule is NCCCN(C1CC1)S(=O)(=O)C1CCS(=O)(=O)CC1. The van der Waals surface area contributed by atoms with Crippen LogP contribution in [0.2, 0.25) is 0 Å². The van der Waals surface area contributed by atoms with E-state index in [4.69, 9.17) is 5.73 Å². The van der Waals surface area contributed by atoms with Gasteiger partial charge in [-0.1, -0.05) is 0 Å². The molecule has 19 heavy (non-hydrogen) atoms. The third-order valence-electron chi connectivity index (χ3n) is 3.79. The van der Waals surface area contributed by atoms with Crippen molar-refractivity contribution in [2.24, 2.45) is 5.73 Å². The van der Waals surface area contributed by atoms with Crippen LogP contribution in [-0.4, -0.2) is 57.0 Å². The summed E-state index contributed by atoms with van der Waals surface area (Å²) in [6.07, 6.45) is 2.94. The van der Waals surface area contributed by atoms with Crippen molar-refractivity contribution in [3.8, 4) is 0 Å². The summed E-state index contributed by atoms with van der Waals surface area (Å²) in [6, 6.07) is 0.120. The molecule has 0 aromatic rings. The molecule has 0 atom stereocenters. The number of sulfonamides is 1. The van der Waals surface area contributed by atoms with Gasteiger partial charge in [0, 0.05) is 12.6 Å². The highest BCUT2D eigenvalue weighted by Gasteiger charge is 2.42. The number of sulfone groups is 1. The normalized spacial score (nSPS) is 24.7. The second-order valence-corrected chi connectivity index (χ2v) is 9.85. The highest BCUT2D eigenvalue weighted by molar-refractivity contribution is 7.92. The van der Waals surface area contributed by atoms with Crippen LogP contribution in [0, 0.1) is 0 Å². The second kappa shape index (κ2) is 5.67. The Hall–Kier alpha value is -0.180. The minimum absolute atomic E-state index is 0.00765. The molecule has 0 aromatic carbocycles. The summed E-state index contributed by atoms with van der Waals surface area (Å²) in [5.74, 6) is -0.0153. The van der Waals surface area contributed by atoms with Crippen LogP contribution in [0.5, 0.6) is 0 Å². The van der Waals surface area contributed by atoms with E-state index in [1.54, 1.807) is 4.31 Å². The van der Waals surface area contributed by atoms with Crippen molar-refractivity contribution < 1.29 is 16.8 Å². The Labute approximate surface area is 115 Å². The zero-order valence-corrected chi connectivity index (χ0v) is 12.6. The fraction of sp³-hybridized carbons (Fsp3) is 1.00. The van der Waals surface area contributed by atoms with Crippen LogP contribution in [0.15, 0.2) is 0 Å². The Balaban J connectivity index is 2.07. The van der Waals surface area contributed by atoms with Crippen LogP contribution in [-0.2, 0) is 19.9 Å². The van der Waals surface area contributed by atoms with Gasteiger partial charge in [-0.3, -0.25) is 0 Å². The van der Waals surface area contributed by atoms with Gasteiger partial charge in [0.2, 0.25) is 10.0 Å². The van der Waals surface area contributed by atoms with Crippen LogP contribution in [0.25, 0.3) is 0 Å². The molecule has 2 N–H and O–H groups in total. The van der Waals surface area contributed by atoms with E-state index in [-0.39, 0.29) is 30.4 Å². The maximum Gasteiger partial charge on any atom is 0.217 e. The molecule has 2 aliphatic rings. The quantitative estimate of drug-likeness (QED) is 0.727. The van der Waals surface area contributed by atoms with Gasteiger partial charge < -0.3 is 5.73 Å². The summed E-state index contributed by atoms with van der Waals surface area (Å²) in [5, 5.41) is -0.533. The van der Waals surface area contributed by atoms with Gasteiger partial charge in [0.05, 0.1) is 16.8 Å². The molecule has 2 fully saturated rings. The molecule has 2 rings (SSSR count). The minimum atomic E-state index is -3.37. The van der Waals surface area contributed by atoms with Crippen molar-refractivity contribution >= 4 is 19.9 Å². The Morgan fingerprint density at radius 1 is 1.11 bits per heavy atom. The van der Waals surface area contributed by atoms with E-state index < -0.39 is 25.1 Å². The maximum absolute atomic E-state index is 12.6. The highest BCUT2D eigenvalue weighted by Crippen LogP contribution is 2.33. The molecule has 1 aliphatic heterocycles. The molecule has 0 aromatic heterocycles. The number of nitrogens with two attached hydrogens (primary N) is 1. The average Bonchev–Trinajstić information content (AvgIpc) is 3.13. The lowest BCUT2D eigenvalue weighted by atomic mass is 10.2. The fourth-order valence-corrected chi connectivity index (χ4v) is 6.50. The number of hydrogen-bond donors (Lipinski definition) is 1. The van der Waals surface area contributed by atoms with Gasteiger partial charge in [0.25, 0.3) is 0 Å². The van der Waals surface area contributed by atoms with Gasteiger partial charge in [-0.25, -0.2) is 16.8 Å². The summed E-state index contributed by atoms with van der Waals surface area (Å²) in [6.45, 7) is 0.935.